The number of hydrogen-bond acceptors (Lipinski definition) is 3. The van der Waals surface area contributed by atoms with Crippen LogP contribution in [0.5, 0.6) is 0 Å². The molecule has 1 amide bonds. The minimum Gasteiger partial charge on any atom is -0.481 e. The second kappa shape index (κ2) is 4.49. The number of carbonyl (C=O) groups is 2. The zero-order valence-electron chi connectivity index (χ0n) is 9.92. The highest BCUT2D eigenvalue weighted by molar-refractivity contribution is 5.87. The fourth-order valence-corrected chi connectivity index (χ4v) is 2.34. The van der Waals surface area contributed by atoms with Gasteiger partial charge in [0.05, 0.1) is 18.1 Å². The van der Waals surface area contributed by atoms with Gasteiger partial charge in [-0.15, -0.1) is 0 Å². The van der Waals surface area contributed by atoms with E-state index in [1.165, 1.54) is 0 Å². The molecule has 0 spiro atoms. The van der Waals surface area contributed by atoms with E-state index in [0.717, 1.165) is 0 Å². The summed E-state index contributed by atoms with van der Waals surface area (Å²) >= 11 is 0. The van der Waals surface area contributed by atoms with Crippen LogP contribution in [0.1, 0.15) is 13.8 Å². The second-order valence-electron chi connectivity index (χ2n) is 4.98. The van der Waals surface area contributed by atoms with Gasteiger partial charge in [-0.2, -0.15) is 0 Å². The summed E-state index contributed by atoms with van der Waals surface area (Å²) in [5.41, 5.74) is 0. The highest BCUT2D eigenvalue weighted by atomic mass is 16.5. The van der Waals surface area contributed by atoms with E-state index in [2.05, 4.69) is 5.32 Å². The van der Waals surface area contributed by atoms with E-state index in [1.807, 2.05) is 13.8 Å². The molecular formula is C12H17NO4. The summed E-state index contributed by atoms with van der Waals surface area (Å²) in [4.78, 5) is 23.1. The molecule has 2 N–H and O–H groups in total. The van der Waals surface area contributed by atoms with E-state index < -0.39 is 23.9 Å². The number of nitrogens with one attached hydrogen (secondary N) is 1. The van der Waals surface area contributed by atoms with Gasteiger partial charge in [-0.25, -0.2) is 0 Å². The van der Waals surface area contributed by atoms with Gasteiger partial charge >= 0.3 is 5.97 Å². The van der Waals surface area contributed by atoms with Crippen molar-refractivity contribution in [2.75, 3.05) is 6.54 Å². The molecule has 0 aromatic rings. The van der Waals surface area contributed by atoms with Crippen molar-refractivity contribution in [3.8, 4) is 0 Å². The number of amides is 1. The highest BCUT2D eigenvalue weighted by Gasteiger charge is 2.53. The lowest BCUT2D eigenvalue weighted by atomic mass is 9.82. The molecule has 4 atom stereocenters. The molecule has 1 saturated heterocycles. The van der Waals surface area contributed by atoms with Crippen LogP contribution in [0.3, 0.4) is 0 Å². The van der Waals surface area contributed by atoms with Gasteiger partial charge in [0, 0.05) is 6.54 Å². The molecule has 1 fully saturated rings. The van der Waals surface area contributed by atoms with E-state index in [-0.39, 0.29) is 12.0 Å². The van der Waals surface area contributed by atoms with Gasteiger partial charge in [0.2, 0.25) is 5.91 Å². The van der Waals surface area contributed by atoms with Crippen LogP contribution < -0.4 is 5.32 Å². The summed E-state index contributed by atoms with van der Waals surface area (Å²) in [7, 11) is 0. The monoisotopic (exact) mass is 239 g/mol. The van der Waals surface area contributed by atoms with E-state index in [0.29, 0.717) is 12.5 Å². The lowest BCUT2D eigenvalue weighted by Gasteiger charge is -2.21. The van der Waals surface area contributed by atoms with Gasteiger partial charge in [-0.1, -0.05) is 26.0 Å². The van der Waals surface area contributed by atoms with Crippen molar-refractivity contribution in [1.82, 2.24) is 5.32 Å². The lowest BCUT2D eigenvalue weighted by Crippen LogP contribution is -2.43. The predicted molar refractivity (Wildman–Crippen MR) is 60.3 cm³/mol. The molecule has 0 saturated carbocycles. The lowest BCUT2D eigenvalue weighted by molar-refractivity contribution is -0.146. The van der Waals surface area contributed by atoms with E-state index in [9.17, 15) is 9.59 Å². The van der Waals surface area contributed by atoms with Crippen molar-refractivity contribution in [3.63, 3.8) is 0 Å². The molecule has 2 bridgehead atoms. The van der Waals surface area contributed by atoms with Crippen molar-refractivity contribution in [1.29, 1.82) is 0 Å². The summed E-state index contributed by atoms with van der Waals surface area (Å²) in [6, 6.07) is 0. The van der Waals surface area contributed by atoms with Crippen molar-refractivity contribution in [3.05, 3.63) is 12.2 Å². The second-order valence-corrected chi connectivity index (χ2v) is 4.98. The van der Waals surface area contributed by atoms with Crippen LogP contribution in [0.15, 0.2) is 12.2 Å². The predicted octanol–water partition coefficient (Wildman–Crippen LogP) is 0.413. The van der Waals surface area contributed by atoms with E-state index >= 15 is 0 Å². The third kappa shape index (κ3) is 2.20. The maximum atomic E-state index is 12.0. The maximum absolute atomic E-state index is 12.0. The molecule has 0 aromatic heterocycles. The van der Waals surface area contributed by atoms with Crippen LogP contribution in [0, 0.1) is 17.8 Å². The average molecular weight is 239 g/mol. The first-order valence-electron chi connectivity index (χ1n) is 5.85. The molecule has 17 heavy (non-hydrogen) atoms. The summed E-state index contributed by atoms with van der Waals surface area (Å²) in [5, 5.41) is 11.9. The molecule has 0 unspecified atom stereocenters. The molecule has 0 aromatic carbocycles. The molecule has 0 aliphatic carbocycles. The molecule has 5 nitrogen and oxygen atoms in total. The summed E-state index contributed by atoms with van der Waals surface area (Å²) < 4.78 is 5.43. The van der Waals surface area contributed by atoms with Gasteiger partial charge in [0.25, 0.3) is 0 Å². The van der Waals surface area contributed by atoms with Gasteiger partial charge in [-0.05, 0) is 5.92 Å². The Hall–Kier alpha value is -1.36. The van der Waals surface area contributed by atoms with Crippen LogP contribution in [-0.2, 0) is 14.3 Å². The molecule has 2 rings (SSSR count). The number of carboxylic acids is 1. The number of carbonyl (C=O) groups excluding carboxylic acids is 1. The zero-order chi connectivity index (χ0) is 12.6. The number of aliphatic carboxylic acids is 1. The Morgan fingerprint density at radius 3 is 2.41 bits per heavy atom. The van der Waals surface area contributed by atoms with E-state index in [4.69, 9.17) is 9.84 Å². The SMILES string of the molecule is CC(C)CNC(=O)[C@@H]1[C@@H](C(=O)O)[C@H]2C=C[C@@H]1O2. The Bertz CT molecular complexity index is 364. The number of hydrogen-bond donors (Lipinski definition) is 2. The number of ether oxygens (including phenoxy) is 1. The minimum atomic E-state index is -0.966. The van der Waals surface area contributed by atoms with Crippen LogP contribution in [0.4, 0.5) is 0 Å². The van der Waals surface area contributed by atoms with Crippen molar-refractivity contribution < 1.29 is 19.4 Å². The Morgan fingerprint density at radius 1 is 1.29 bits per heavy atom. The van der Waals surface area contributed by atoms with Gasteiger partial charge in [0.1, 0.15) is 5.92 Å². The van der Waals surface area contributed by atoms with Crippen LogP contribution >= 0.6 is 0 Å². The highest BCUT2D eigenvalue weighted by Crippen LogP contribution is 2.39. The third-order valence-corrected chi connectivity index (χ3v) is 3.17. The van der Waals surface area contributed by atoms with Gasteiger partial charge < -0.3 is 15.2 Å². The molecular weight excluding hydrogens is 222 g/mol. The van der Waals surface area contributed by atoms with Crippen molar-refractivity contribution >= 4 is 11.9 Å². The number of rotatable bonds is 4. The maximum Gasteiger partial charge on any atom is 0.310 e. The molecule has 5 heteroatoms. The standard InChI is InChI=1S/C12H17NO4/c1-6(2)5-13-11(14)9-7-3-4-8(17-7)10(9)12(15)16/h3-4,6-10H,5H2,1-2H3,(H,13,14)(H,15,16)/t7-,8+,9-,10-/m0/s1. The number of fused-ring (bicyclic) bond motifs is 2. The zero-order valence-corrected chi connectivity index (χ0v) is 9.92. The first-order chi connectivity index (χ1) is 8.00. The normalized spacial score (nSPS) is 34.3. The summed E-state index contributed by atoms with van der Waals surface area (Å²) in [6.07, 6.45) is 2.68. The smallest absolute Gasteiger partial charge is 0.310 e. The van der Waals surface area contributed by atoms with Crippen molar-refractivity contribution in [2.24, 2.45) is 17.8 Å². The number of carboxylic acid groups (broad SMARTS) is 1. The van der Waals surface area contributed by atoms with Crippen LogP contribution in [0.2, 0.25) is 0 Å². The van der Waals surface area contributed by atoms with Crippen LogP contribution in [0.25, 0.3) is 0 Å². The largest absolute Gasteiger partial charge is 0.481 e. The summed E-state index contributed by atoms with van der Waals surface area (Å²) in [6.45, 7) is 4.54. The Balaban J connectivity index is 2.06. The topological polar surface area (TPSA) is 75.6 Å². The van der Waals surface area contributed by atoms with E-state index in [1.54, 1.807) is 12.2 Å². The summed E-state index contributed by atoms with van der Waals surface area (Å²) in [5.74, 6) is -2.19. The molecule has 2 aliphatic heterocycles. The Kier molecular flexibility index (Phi) is 3.19. The Morgan fingerprint density at radius 2 is 1.88 bits per heavy atom. The average Bonchev–Trinajstić information content (AvgIpc) is 2.84. The molecule has 2 aliphatic rings. The Labute approximate surface area is 99.8 Å². The first kappa shape index (κ1) is 12.1. The quantitative estimate of drug-likeness (QED) is 0.697. The first-order valence-corrected chi connectivity index (χ1v) is 5.85. The van der Waals surface area contributed by atoms with Gasteiger partial charge in [-0.3, -0.25) is 9.59 Å². The third-order valence-electron chi connectivity index (χ3n) is 3.17. The van der Waals surface area contributed by atoms with Crippen molar-refractivity contribution in [2.45, 2.75) is 26.1 Å². The fourth-order valence-electron chi connectivity index (χ4n) is 2.34. The minimum absolute atomic E-state index is 0.219. The fraction of sp³-hybridized carbons (Fsp3) is 0.667. The molecule has 0 radical (unpaired) electrons. The van der Waals surface area contributed by atoms with Crippen LogP contribution in [-0.4, -0.2) is 35.7 Å². The van der Waals surface area contributed by atoms with Gasteiger partial charge in [0.15, 0.2) is 0 Å². The molecule has 94 valence electrons. The molecule has 2 heterocycles.